The zero-order chi connectivity index (χ0) is 14.3. The molecular formula is C15H25N3O. The average Bonchev–Trinajstić information content (AvgIpc) is 2.42. The van der Waals surface area contributed by atoms with Crippen LogP contribution in [0.5, 0.6) is 0 Å². The number of benzene rings is 1. The first-order valence-electron chi connectivity index (χ1n) is 6.80. The molecular weight excluding hydrogens is 238 g/mol. The summed E-state index contributed by atoms with van der Waals surface area (Å²) in [5.74, 6) is 0.00917. The number of nitrogens with two attached hydrogens (primary N) is 1. The highest BCUT2D eigenvalue weighted by Gasteiger charge is 2.21. The number of nitrogens with zero attached hydrogens (tertiary/aromatic N) is 2. The van der Waals surface area contributed by atoms with Gasteiger partial charge in [-0.15, -0.1) is 0 Å². The van der Waals surface area contributed by atoms with Crippen LogP contribution in [0.3, 0.4) is 0 Å². The highest BCUT2D eigenvalue weighted by atomic mass is 16.2. The lowest BCUT2D eigenvalue weighted by Crippen LogP contribution is -2.42. The summed E-state index contributed by atoms with van der Waals surface area (Å²) in [6.07, 6.45) is 0.945. The van der Waals surface area contributed by atoms with Crippen molar-refractivity contribution >= 4 is 5.91 Å². The Kier molecular flexibility index (Phi) is 6.53. The zero-order valence-electron chi connectivity index (χ0n) is 12.2. The molecule has 4 nitrogen and oxygen atoms in total. The normalized spacial score (nSPS) is 12.5. The van der Waals surface area contributed by atoms with Crippen LogP contribution in [0.4, 0.5) is 0 Å². The minimum absolute atomic E-state index is 0.00917. The van der Waals surface area contributed by atoms with Crippen LogP contribution in [-0.4, -0.2) is 49.4 Å². The third-order valence-corrected chi connectivity index (χ3v) is 3.05. The van der Waals surface area contributed by atoms with Gasteiger partial charge in [0.05, 0.1) is 0 Å². The fourth-order valence-electron chi connectivity index (χ4n) is 1.92. The number of hydrogen-bond acceptors (Lipinski definition) is 3. The van der Waals surface area contributed by atoms with Gasteiger partial charge >= 0.3 is 0 Å². The molecule has 0 saturated heterocycles. The van der Waals surface area contributed by atoms with Gasteiger partial charge in [-0.1, -0.05) is 37.3 Å². The number of carbonyl (C=O) groups is 1. The van der Waals surface area contributed by atoms with Crippen molar-refractivity contribution in [1.82, 2.24) is 9.80 Å². The van der Waals surface area contributed by atoms with Gasteiger partial charge in [0.25, 0.3) is 0 Å². The Morgan fingerprint density at radius 3 is 2.32 bits per heavy atom. The summed E-state index contributed by atoms with van der Waals surface area (Å²) in [4.78, 5) is 16.4. The number of likely N-dealkylation sites (N-methyl/N-ethyl adjacent to an activating group) is 1. The van der Waals surface area contributed by atoms with Gasteiger partial charge in [0.15, 0.2) is 0 Å². The molecule has 0 aliphatic heterocycles. The van der Waals surface area contributed by atoms with Crippen LogP contribution in [0, 0.1) is 0 Å². The van der Waals surface area contributed by atoms with Crippen LogP contribution in [-0.2, 0) is 4.79 Å². The number of carbonyl (C=O) groups excluding carboxylic acids is 1. The molecule has 0 heterocycles. The quantitative estimate of drug-likeness (QED) is 0.811. The van der Waals surface area contributed by atoms with Crippen molar-refractivity contribution in [1.29, 1.82) is 0 Å². The van der Waals surface area contributed by atoms with Gasteiger partial charge in [0.1, 0.15) is 6.04 Å². The minimum Gasteiger partial charge on any atom is -0.340 e. The van der Waals surface area contributed by atoms with Crippen LogP contribution < -0.4 is 5.73 Å². The van der Waals surface area contributed by atoms with Crippen molar-refractivity contribution < 1.29 is 4.79 Å². The van der Waals surface area contributed by atoms with Gasteiger partial charge in [-0.3, -0.25) is 4.79 Å². The first-order chi connectivity index (χ1) is 9.06. The highest BCUT2D eigenvalue weighted by molar-refractivity contribution is 5.83. The molecule has 19 heavy (non-hydrogen) atoms. The van der Waals surface area contributed by atoms with Crippen LogP contribution in [0.15, 0.2) is 30.3 Å². The van der Waals surface area contributed by atoms with Crippen molar-refractivity contribution in [2.24, 2.45) is 5.73 Å². The molecule has 1 amide bonds. The molecule has 0 spiro atoms. The highest BCUT2D eigenvalue weighted by Crippen LogP contribution is 2.13. The molecule has 0 aliphatic rings. The molecule has 1 atom stereocenters. The first kappa shape index (κ1) is 15.7. The van der Waals surface area contributed by atoms with Gasteiger partial charge in [-0.2, -0.15) is 0 Å². The summed E-state index contributed by atoms with van der Waals surface area (Å²) < 4.78 is 0. The third kappa shape index (κ3) is 5.01. The summed E-state index contributed by atoms with van der Waals surface area (Å²) in [6, 6.07) is 8.99. The summed E-state index contributed by atoms with van der Waals surface area (Å²) in [6.45, 7) is 4.41. The zero-order valence-corrected chi connectivity index (χ0v) is 12.2. The lowest BCUT2D eigenvalue weighted by Gasteiger charge is -2.26. The maximum absolute atomic E-state index is 12.4. The Hall–Kier alpha value is -1.39. The molecule has 0 saturated carbocycles. The molecule has 2 N–H and O–H groups in total. The smallest absolute Gasteiger partial charge is 0.244 e. The van der Waals surface area contributed by atoms with E-state index >= 15 is 0 Å². The molecule has 4 heteroatoms. The number of hydrogen-bond donors (Lipinski definition) is 1. The second-order valence-corrected chi connectivity index (χ2v) is 5.02. The first-order valence-corrected chi connectivity index (χ1v) is 6.80. The SMILES string of the molecule is CCCN(CCN(C)C)C(=O)[C@H](N)c1ccccc1. The van der Waals surface area contributed by atoms with Crippen LogP contribution in [0.2, 0.25) is 0 Å². The van der Waals surface area contributed by atoms with Crippen molar-refractivity contribution in [3.63, 3.8) is 0 Å². The second-order valence-electron chi connectivity index (χ2n) is 5.02. The van der Waals surface area contributed by atoms with E-state index in [1.807, 2.05) is 49.3 Å². The molecule has 0 unspecified atom stereocenters. The minimum atomic E-state index is -0.560. The van der Waals surface area contributed by atoms with Crippen molar-refractivity contribution in [3.05, 3.63) is 35.9 Å². The van der Waals surface area contributed by atoms with E-state index in [4.69, 9.17) is 5.73 Å². The molecule has 106 valence electrons. The molecule has 0 bridgehead atoms. The summed E-state index contributed by atoms with van der Waals surface area (Å²) in [5, 5.41) is 0. The second kappa shape index (κ2) is 7.92. The summed E-state index contributed by atoms with van der Waals surface area (Å²) in [5.41, 5.74) is 6.94. The predicted octanol–water partition coefficient (Wildman–Crippen LogP) is 1.49. The average molecular weight is 263 g/mol. The van der Waals surface area contributed by atoms with E-state index in [1.54, 1.807) is 0 Å². The van der Waals surface area contributed by atoms with Crippen LogP contribution >= 0.6 is 0 Å². The fraction of sp³-hybridized carbons (Fsp3) is 0.533. The molecule has 0 aromatic heterocycles. The van der Waals surface area contributed by atoms with Gasteiger partial charge < -0.3 is 15.5 Å². The Balaban J connectivity index is 2.70. The van der Waals surface area contributed by atoms with E-state index in [0.29, 0.717) is 0 Å². The van der Waals surface area contributed by atoms with E-state index in [-0.39, 0.29) is 5.91 Å². The molecule has 0 aliphatic carbocycles. The van der Waals surface area contributed by atoms with Crippen LogP contribution in [0.1, 0.15) is 24.9 Å². The number of rotatable bonds is 7. The standard InChI is InChI=1S/C15H25N3O/c1-4-10-18(12-11-17(2)3)15(19)14(16)13-8-6-5-7-9-13/h5-9,14H,4,10-12,16H2,1-3H3/t14-/m1/s1. The predicted molar refractivity (Wildman–Crippen MR) is 78.8 cm³/mol. The number of amides is 1. The van der Waals surface area contributed by atoms with Crippen molar-refractivity contribution in [2.45, 2.75) is 19.4 Å². The van der Waals surface area contributed by atoms with Crippen molar-refractivity contribution in [3.8, 4) is 0 Å². The maximum Gasteiger partial charge on any atom is 0.244 e. The summed E-state index contributed by atoms with van der Waals surface area (Å²) in [7, 11) is 4.01. The summed E-state index contributed by atoms with van der Waals surface area (Å²) >= 11 is 0. The Morgan fingerprint density at radius 1 is 1.16 bits per heavy atom. The molecule has 1 aromatic rings. The van der Waals surface area contributed by atoms with Crippen molar-refractivity contribution in [2.75, 3.05) is 33.7 Å². The van der Waals surface area contributed by atoms with Gasteiger partial charge in [0, 0.05) is 19.6 Å². The lowest BCUT2D eigenvalue weighted by atomic mass is 10.1. The third-order valence-electron chi connectivity index (χ3n) is 3.05. The molecule has 0 fully saturated rings. The van der Waals surface area contributed by atoms with E-state index < -0.39 is 6.04 Å². The molecule has 0 radical (unpaired) electrons. The van der Waals surface area contributed by atoms with E-state index in [9.17, 15) is 4.79 Å². The molecule has 1 aromatic carbocycles. The lowest BCUT2D eigenvalue weighted by molar-refractivity contribution is -0.133. The van der Waals surface area contributed by atoms with E-state index in [1.165, 1.54) is 0 Å². The van der Waals surface area contributed by atoms with E-state index in [0.717, 1.165) is 31.6 Å². The Bertz CT molecular complexity index is 378. The monoisotopic (exact) mass is 263 g/mol. The Morgan fingerprint density at radius 2 is 1.79 bits per heavy atom. The van der Waals surface area contributed by atoms with Crippen LogP contribution in [0.25, 0.3) is 0 Å². The largest absolute Gasteiger partial charge is 0.340 e. The van der Waals surface area contributed by atoms with Gasteiger partial charge in [0.2, 0.25) is 5.91 Å². The van der Waals surface area contributed by atoms with E-state index in [2.05, 4.69) is 11.8 Å². The fourth-order valence-corrected chi connectivity index (χ4v) is 1.92. The Labute approximate surface area is 116 Å². The maximum atomic E-state index is 12.4. The topological polar surface area (TPSA) is 49.6 Å². The van der Waals surface area contributed by atoms with Gasteiger partial charge in [-0.25, -0.2) is 0 Å². The molecule has 1 rings (SSSR count). The van der Waals surface area contributed by atoms with Gasteiger partial charge in [-0.05, 0) is 26.1 Å².